The van der Waals surface area contributed by atoms with Crippen molar-refractivity contribution >= 4 is 5.78 Å². The van der Waals surface area contributed by atoms with Gasteiger partial charge in [0.2, 0.25) is 0 Å². The molecule has 0 spiro atoms. The maximum absolute atomic E-state index is 12.9. The lowest BCUT2D eigenvalue weighted by Gasteiger charge is -2.28. The number of hydrogen-bond acceptors (Lipinski definition) is 6. The molecule has 2 aromatic rings. The number of benzene rings is 2. The van der Waals surface area contributed by atoms with E-state index < -0.39 is 6.10 Å². The summed E-state index contributed by atoms with van der Waals surface area (Å²) in [6, 6.07) is 6.38. The highest BCUT2D eigenvalue weighted by atomic mass is 16.6. The summed E-state index contributed by atoms with van der Waals surface area (Å²) in [5.41, 5.74) is 2.93. The largest absolute Gasteiger partial charge is 0.508 e. The summed E-state index contributed by atoms with van der Waals surface area (Å²) < 4.78 is 11.8. The molecule has 2 aliphatic rings. The maximum atomic E-state index is 12.9. The van der Waals surface area contributed by atoms with E-state index in [0.717, 1.165) is 16.7 Å². The van der Waals surface area contributed by atoms with Gasteiger partial charge in [-0.15, -0.1) is 0 Å². The van der Waals surface area contributed by atoms with Gasteiger partial charge in [0, 0.05) is 18.1 Å². The fraction of sp³-hybridized carbons (Fsp3) is 0.400. The molecule has 3 N–H and O–H groups in total. The van der Waals surface area contributed by atoms with Crippen LogP contribution < -0.4 is 4.74 Å². The first kappa shape index (κ1) is 21.2. The number of allylic oxidation sites excluding steroid dienone is 2. The molecule has 0 unspecified atom stereocenters. The summed E-state index contributed by atoms with van der Waals surface area (Å²) in [4.78, 5) is 12.9. The molecular weight excluding hydrogens is 396 g/mol. The van der Waals surface area contributed by atoms with Crippen LogP contribution in [-0.2, 0) is 17.6 Å². The van der Waals surface area contributed by atoms with Gasteiger partial charge in [-0.3, -0.25) is 4.79 Å². The smallest absolute Gasteiger partial charge is 0.174 e. The quantitative estimate of drug-likeness (QED) is 0.474. The Morgan fingerprint density at radius 3 is 2.48 bits per heavy atom. The number of phenolic OH excluding ortho intramolecular Hbond substituents is 3. The van der Waals surface area contributed by atoms with Crippen molar-refractivity contribution in [2.45, 2.75) is 64.8 Å². The van der Waals surface area contributed by atoms with Crippen molar-refractivity contribution in [1.82, 2.24) is 0 Å². The molecule has 0 aliphatic carbocycles. The lowest BCUT2D eigenvalue weighted by atomic mass is 9.91. The summed E-state index contributed by atoms with van der Waals surface area (Å²) in [5, 5.41) is 31.0. The van der Waals surface area contributed by atoms with Crippen molar-refractivity contribution in [3.05, 3.63) is 58.2 Å². The van der Waals surface area contributed by atoms with Crippen LogP contribution >= 0.6 is 0 Å². The van der Waals surface area contributed by atoms with E-state index in [-0.39, 0.29) is 52.5 Å². The minimum absolute atomic E-state index is 0.0350. The Morgan fingerprint density at radius 2 is 1.84 bits per heavy atom. The van der Waals surface area contributed by atoms with Crippen LogP contribution in [0, 0.1) is 0 Å². The molecule has 2 heterocycles. The molecule has 164 valence electrons. The van der Waals surface area contributed by atoms with Crippen LogP contribution in [0.2, 0.25) is 0 Å². The lowest BCUT2D eigenvalue weighted by molar-refractivity contribution is 0.0842. The molecule has 31 heavy (non-hydrogen) atoms. The Hall–Kier alpha value is -2.99. The second kappa shape index (κ2) is 7.61. The standard InChI is InChI=1S/C25H28O6/c1-13(2)5-7-16-18(27)11-19(28)23-20(29)12-21(30-24(16)23)14-6-8-17(26)15(9-14)10-22-25(3,4)31-22/h5-6,8-9,11,21-22,26-28H,7,10,12H2,1-4H3/t21-,22+/m0/s1. The van der Waals surface area contributed by atoms with E-state index in [2.05, 4.69) is 0 Å². The zero-order valence-electron chi connectivity index (χ0n) is 18.2. The van der Waals surface area contributed by atoms with E-state index in [1.165, 1.54) is 6.07 Å². The summed E-state index contributed by atoms with van der Waals surface area (Å²) in [7, 11) is 0. The van der Waals surface area contributed by atoms with Crippen LogP contribution in [0.15, 0.2) is 35.9 Å². The van der Waals surface area contributed by atoms with Crippen molar-refractivity contribution in [3.63, 3.8) is 0 Å². The van der Waals surface area contributed by atoms with E-state index in [4.69, 9.17) is 9.47 Å². The highest BCUT2D eigenvalue weighted by Gasteiger charge is 2.47. The zero-order valence-corrected chi connectivity index (χ0v) is 18.2. The van der Waals surface area contributed by atoms with Gasteiger partial charge >= 0.3 is 0 Å². The molecule has 2 atom stereocenters. The van der Waals surface area contributed by atoms with Crippen molar-refractivity contribution in [3.8, 4) is 23.0 Å². The van der Waals surface area contributed by atoms with Crippen LogP contribution in [0.5, 0.6) is 23.0 Å². The topological polar surface area (TPSA) is 99.5 Å². The van der Waals surface area contributed by atoms with Crippen LogP contribution in [0.4, 0.5) is 0 Å². The summed E-state index contributed by atoms with van der Waals surface area (Å²) >= 11 is 0. The lowest BCUT2D eigenvalue weighted by Crippen LogP contribution is -2.22. The second-order valence-corrected chi connectivity index (χ2v) is 9.12. The number of ether oxygens (including phenoxy) is 2. The third kappa shape index (κ3) is 4.12. The van der Waals surface area contributed by atoms with Gasteiger partial charge in [0.15, 0.2) is 5.78 Å². The third-order valence-corrected chi connectivity index (χ3v) is 6.01. The molecule has 0 saturated carbocycles. The van der Waals surface area contributed by atoms with E-state index in [1.807, 2.05) is 39.8 Å². The molecular formula is C25H28O6. The molecule has 4 rings (SSSR count). The predicted molar refractivity (Wildman–Crippen MR) is 116 cm³/mol. The van der Waals surface area contributed by atoms with Crippen molar-refractivity contribution in [1.29, 1.82) is 0 Å². The molecule has 6 nitrogen and oxygen atoms in total. The number of Topliss-reactive ketones (excluding diaryl/α,β-unsaturated/α-hetero) is 1. The number of carbonyl (C=O) groups excluding carboxylic acids is 1. The van der Waals surface area contributed by atoms with E-state index >= 15 is 0 Å². The Labute approximate surface area is 181 Å². The highest BCUT2D eigenvalue weighted by molar-refractivity contribution is 6.03. The number of epoxide rings is 1. The van der Waals surface area contributed by atoms with Crippen molar-refractivity contribution in [2.24, 2.45) is 0 Å². The normalized spacial score (nSPS) is 21.2. The minimum Gasteiger partial charge on any atom is -0.508 e. The Bertz CT molecular complexity index is 1080. The Morgan fingerprint density at radius 1 is 1.13 bits per heavy atom. The summed E-state index contributed by atoms with van der Waals surface area (Å²) in [6.45, 7) is 7.90. The van der Waals surface area contributed by atoms with Gasteiger partial charge in [-0.2, -0.15) is 0 Å². The summed E-state index contributed by atoms with van der Waals surface area (Å²) in [6.07, 6.45) is 2.39. The van der Waals surface area contributed by atoms with Gasteiger partial charge in [-0.1, -0.05) is 17.7 Å². The maximum Gasteiger partial charge on any atom is 0.174 e. The van der Waals surface area contributed by atoms with Crippen LogP contribution in [0.25, 0.3) is 0 Å². The van der Waals surface area contributed by atoms with Gasteiger partial charge in [0.1, 0.15) is 34.7 Å². The van der Waals surface area contributed by atoms with Gasteiger partial charge in [-0.25, -0.2) is 0 Å². The highest BCUT2D eigenvalue weighted by Crippen LogP contribution is 2.46. The molecule has 1 fully saturated rings. The average molecular weight is 424 g/mol. The molecule has 0 bridgehead atoms. The number of phenols is 3. The number of fused-ring (bicyclic) bond motifs is 1. The second-order valence-electron chi connectivity index (χ2n) is 9.12. The predicted octanol–water partition coefficient (Wildman–Crippen LogP) is 4.74. The number of ketones is 1. The van der Waals surface area contributed by atoms with Gasteiger partial charge < -0.3 is 24.8 Å². The number of hydrogen-bond donors (Lipinski definition) is 3. The van der Waals surface area contributed by atoms with Gasteiger partial charge in [0.25, 0.3) is 0 Å². The average Bonchev–Trinajstić information content (AvgIpc) is 3.28. The van der Waals surface area contributed by atoms with E-state index in [0.29, 0.717) is 18.4 Å². The molecule has 0 radical (unpaired) electrons. The molecule has 1 saturated heterocycles. The minimum atomic E-state index is -0.584. The molecule has 2 aliphatic heterocycles. The van der Waals surface area contributed by atoms with Gasteiger partial charge in [0.05, 0.1) is 18.1 Å². The monoisotopic (exact) mass is 424 g/mol. The van der Waals surface area contributed by atoms with Crippen LogP contribution in [-0.4, -0.2) is 32.8 Å². The Balaban J connectivity index is 1.69. The third-order valence-electron chi connectivity index (χ3n) is 6.01. The SMILES string of the molecule is CC(C)=CCc1c(O)cc(O)c2c1O[C@H](c1ccc(O)c(C[C@H]3OC3(C)C)c1)CC2=O. The van der Waals surface area contributed by atoms with Crippen LogP contribution in [0.3, 0.4) is 0 Å². The first-order valence-electron chi connectivity index (χ1n) is 10.5. The van der Waals surface area contributed by atoms with E-state index in [1.54, 1.807) is 12.1 Å². The number of aromatic hydroxyl groups is 3. The zero-order chi connectivity index (χ0) is 22.5. The molecule has 2 aromatic carbocycles. The summed E-state index contributed by atoms with van der Waals surface area (Å²) in [5.74, 6) is -0.240. The fourth-order valence-electron chi connectivity index (χ4n) is 4.00. The number of rotatable bonds is 5. The first-order chi connectivity index (χ1) is 14.6. The number of carbonyl (C=O) groups is 1. The Kier molecular flexibility index (Phi) is 5.21. The van der Waals surface area contributed by atoms with Crippen LogP contribution in [0.1, 0.15) is 67.3 Å². The molecule has 0 amide bonds. The van der Waals surface area contributed by atoms with Gasteiger partial charge in [-0.05, 0) is 57.4 Å². The van der Waals surface area contributed by atoms with E-state index in [9.17, 15) is 20.1 Å². The molecule has 6 heteroatoms. The first-order valence-corrected chi connectivity index (χ1v) is 10.5. The fourth-order valence-corrected chi connectivity index (χ4v) is 4.00. The van der Waals surface area contributed by atoms with Crippen molar-refractivity contribution in [2.75, 3.05) is 0 Å². The molecule has 0 aromatic heterocycles. The van der Waals surface area contributed by atoms with Crippen molar-refractivity contribution < 1.29 is 29.6 Å².